The SMILES string of the molecule is Cl.Clc1ccc(Cl)c([C@@H]2CCCCN2)c1. The standard InChI is InChI=1S/C11H13Cl2N.ClH/c12-8-4-5-10(13)9(7-8)11-3-1-2-6-14-11;/h4-5,7,11,14H,1-3,6H2;1H/t11-;/m0./s1. The quantitative estimate of drug-likeness (QED) is 0.802. The fraction of sp³-hybridized carbons (Fsp3) is 0.455. The molecule has 0 amide bonds. The molecule has 0 saturated carbocycles. The molecule has 2 rings (SSSR count). The Balaban J connectivity index is 0.00000112. The van der Waals surface area contributed by atoms with Crippen molar-refractivity contribution in [1.29, 1.82) is 0 Å². The van der Waals surface area contributed by atoms with Gasteiger partial charge in [-0.1, -0.05) is 29.6 Å². The minimum absolute atomic E-state index is 0. The van der Waals surface area contributed by atoms with Crippen LogP contribution in [-0.2, 0) is 0 Å². The van der Waals surface area contributed by atoms with Crippen LogP contribution in [0.1, 0.15) is 30.9 Å². The monoisotopic (exact) mass is 265 g/mol. The molecule has 1 aromatic carbocycles. The van der Waals surface area contributed by atoms with Crippen molar-refractivity contribution in [2.45, 2.75) is 25.3 Å². The van der Waals surface area contributed by atoms with Crippen LogP contribution in [0.15, 0.2) is 18.2 Å². The van der Waals surface area contributed by atoms with E-state index in [4.69, 9.17) is 23.2 Å². The predicted octanol–water partition coefficient (Wildman–Crippen LogP) is 4.23. The van der Waals surface area contributed by atoms with Gasteiger partial charge >= 0.3 is 0 Å². The van der Waals surface area contributed by atoms with Gasteiger partial charge in [0.2, 0.25) is 0 Å². The van der Waals surface area contributed by atoms with Crippen molar-refractivity contribution in [3.8, 4) is 0 Å². The largest absolute Gasteiger partial charge is 0.310 e. The molecule has 84 valence electrons. The number of nitrogens with one attached hydrogen (secondary N) is 1. The highest BCUT2D eigenvalue weighted by atomic mass is 35.5. The summed E-state index contributed by atoms with van der Waals surface area (Å²) in [6, 6.07) is 6.05. The van der Waals surface area contributed by atoms with Crippen molar-refractivity contribution in [1.82, 2.24) is 5.32 Å². The first-order valence-corrected chi connectivity index (χ1v) is 5.71. The molecule has 1 aliphatic rings. The fourth-order valence-corrected chi connectivity index (χ4v) is 2.33. The second-order valence-corrected chi connectivity index (χ2v) is 4.51. The van der Waals surface area contributed by atoms with Gasteiger partial charge in [0.05, 0.1) is 0 Å². The maximum absolute atomic E-state index is 6.13. The van der Waals surface area contributed by atoms with Gasteiger partial charge in [0.15, 0.2) is 0 Å². The van der Waals surface area contributed by atoms with E-state index in [-0.39, 0.29) is 12.4 Å². The Hall–Kier alpha value is 0.0500. The molecule has 15 heavy (non-hydrogen) atoms. The van der Waals surface area contributed by atoms with E-state index in [1.165, 1.54) is 12.8 Å². The highest BCUT2D eigenvalue weighted by molar-refractivity contribution is 6.33. The summed E-state index contributed by atoms with van der Waals surface area (Å²) in [6.07, 6.45) is 3.68. The fourth-order valence-electron chi connectivity index (χ4n) is 1.90. The Morgan fingerprint density at radius 1 is 1.20 bits per heavy atom. The third-order valence-corrected chi connectivity index (χ3v) is 3.22. The highest BCUT2D eigenvalue weighted by Crippen LogP contribution is 2.30. The molecule has 1 N–H and O–H groups in total. The molecule has 1 fully saturated rings. The molecular formula is C11H14Cl3N. The van der Waals surface area contributed by atoms with Crippen LogP contribution in [0.4, 0.5) is 0 Å². The average molecular weight is 267 g/mol. The lowest BCUT2D eigenvalue weighted by atomic mass is 9.97. The Bertz CT molecular complexity index is 322. The summed E-state index contributed by atoms with van der Waals surface area (Å²) in [6.45, 7) is 1.08. The van der Waals surface area contributed by atoms with Crippen LogP contribution in [0, 0.1) is 0 Å². The van der Waals surface area contributed by atoms with E-state index in [1.807, 2.05) is 18.2 Å². The van der Waals surface area contributed by atoms with Crippen LogP contribution in [0.25, 0.3) is 0 Å². The summed E-state index contributed by atoms with van der Waals surface area (Å²) in [5, 5.41) is 5.03. The van der Waals surface area contributed by atoms with Crippen molar-refractivity contribution in [3.63, 3.8) is 0 Å². The van der Waals surface area contributed by atoms with Crippen molar-refractivity contribution >= 4 is 35.6 Å². The minimum atomic E-state index is 0. The molecule has 1 aromatic rings. The zero-order chi connectivity index (χ0) is 9.97. The van der Waals surface area contributed by atoms with Crippen molar-refractivity contribution in [2.24, 2.45) is 0 Å². The van der Waals surface area contributed by atoms with Gasteiger partial charge in [-0.25, -0.2) is 0 Å². The molecule has 0 bridgehead atoms. The van der Waals surface area contributed by atoms with Gasteiger partial charge in [-0.3, -0.25) is 0 Å². The number of hydrogen-bond acceptors (Lipinski definition) is 1. The molecule has 1 nitrogen and oxygen atoms in total. The van der Waals surface area contributed by atoms with Crippen LogP contribution >= 0.6 is 35.6 Å². The van der Waals surface area contributed by atoms with Gasteiger partial charge < -0.3 is 5.32 Å². The van der Waals surface area contributed by atoms with Crippen LogP contribution in [0.3, 0.4) is 0 Å². The number of rotatable bonds is 1. The van der Waals surface area contributed by atoms with Crippen molar-refractivity contribution in [2.75, 3.05) is 6.54 Å². The van der Waals surface area contributed by atoms with E-state index in [9.17, 15) is 0 Å². The molecule has 1 saturated heterocycles. The normalized spacial score (nSPS) is 20.8. The first-order valence-electron chi connectivity index (χ1n) is 4.96. The number of benzene rings is 1. The Morgan fingerprint density at radius 2 is 2.00 bits per heavy atom. The maximum atomic E-state index is 6.13. The first-order chi connectivity index (χ1) is 6.77. The zero-order valence-corrected chi connectivity index (χ0v) is 10.6. The van der Waals surface area contributed by atoms with E-state index in [2.05, 4.69) is 5.32 Å². The number of halogens is 3. The van der Waals surface area contributed by atoms with Crippen LogP contribution < -0.4 is 5.32 Å². The van der Waals surface area contributed by atoms with Crippen molar-refractivity contribution < 1.29 is 0 Å². The van der Waals surface area contributed by atoms with E-state index < -0.39 is 0 Å². The van der Waals surface area contributed by atoms with Crippen LogP contribution in [0.2, 0.25) is 10.0 Å². The van der Waals surface area contributed by atoms with Crippen molar-refractivity contribution in [3.05, 3.63) is 33.8 Å². The molecular weight excluding hydrogens is 252 g/mol. The minimum Gasteiger partial charge on any atom is -0.310 e. The first kappa shape index (κ1) is 13.1. The second-order valence-electron chi connectivity index (χ2n) is 3.67. The highest BCUT2D eigenvalue weighted by Gasteiger charge is 2.17. The molecule has 1 aliphatic heterocycles. The lowest BCUT2D eigenvalue weighted by Crippen LogP contribution is -2.26. The Labute approximate surface area is 107 Å². The lowest BCUT2D eigenvalue weighted by Gasteiger charge is -2.24. The Morgan fingerprint density at radius 3 is 2.67 bits per heavy atom. The third kappa shape index (κ3) is 3.25. The summed E-state index contributed by atoms with van der Waals surface area (Å²) in [7, 11) is 0. The van der Waals surface area contributed by atoms with E-state index >= 15 is 0 Å². The van der Waals surface area contributed by atoms with Crippen LogP contribution in [0.5, 0.6) is 0 Å². The van der Waals surface area contributed by atoms with Gasteiger partial charge in [0.1, 0.15) is 0 Å². The molecule has 0 aromatic heterocycles. The summed E-state index contributed by atoms with van der Waals surface area (Å²) in [4.78, 5) is 0. The molecule has 1 atom stereocenters. The topological polar surface area (TPSA) is 12.0 Å². The Kier molecular flexibility index (Phi) is 5.20. The zero-order valence-electron chi connectivity index (χ0n) is 8.30. The summed E-state index contributed by atoms with van der Waals surface area (Å²) < 4.78 is 0. The van der Waals surface area contributed by atoms with E-state index in [0.717, 1.165) is 28.6 Å². The van der Waals surface area contributed by atoms with Gasteiger partial charge in [-0.2, -0.15) is 0 Å². The molecule has 0 aliphatic carbocycles. The maximum Gasteiger partial charge on any atom is 0.0454 e. The van der Waals surface area contributed by atoms with Crippen LogP contribution in [-0.4, -0.2) is 6.54 Å². The summed E-state index contributed by atoms with van der Waals surface area (Å²) >= 11 is 12.1. The number of piperidine rings is 1. The van der Waals surface area contributed by atoms with Gasteiger partial charge in [0, 0.05) is 16.1 Å². The summed E-state index contributed by atoms with van der Waals surface area (Å²) in [5.41, 5.74) is 1.14. The van der Waals surface area contributed by atoms with E-state index in [0.29, 0.717) is 6.04 Å². The van der Waals surface area contributed by atoms with E-state index in [1.54, 1.807) is 0 Å². The molecule has 0 radical (unpaired) electrons. The molecule has 0 spiro atoms. The second kappa shape index (κ2) is 5.95. The molecule has 4 heteroatoms. The third-order valence-electron chi connectivity index (χ3n) is 2.64. The molecule has 1 heterocycles. The molecule has 0 unspecified atom stereocenters. The predicted molar refractivity (Wildman–Crippen MR) is 68.3 cm³/mol. The smallest absolute Gasteiger partial charge is 0.0454 e. The van der Waals surface area contributed by atoms with Gasteiger partial charge in [-0.05, 0) is 43.1 Å². The number of hydrogen-bond donors (Lipinski definition) is 1. The summed E-state index contributed by atoms with van der Waals surface area (Å²) in [5.74, 6) is 0. The lowest BCUT2D eigenvalue weighted by molar-refractivity contribution is 0.412. The van der Waals surface area contributed by atoms with Gasteiger partial charge in [-0.15, -0.1) is 12.4 Å². The van der Waals surface area contributed by atoms with Gasteiger partial charge in [0.25, 0.3) is 0 Å². The average Bonchev–Trinajstić information content (AvgIpc) is 2.23.